The average Bonchev–Trinajstić information content (AvgIpc) is 3.24. The molecular weight excluding hydrogens is 328 g/mol. The van der Waals surface area contributed by atoms with Gasteiger partial charge in [-0.15, -0.1) is 11.3 Å². The molecule has 2 fully saturated rings. The van der Waals surface area contributed by atoms with E-state index in [-0.39, 0.29) is 12.5 Å². The minimum absolute atomic E-state index is 0.0453. The second-order valence-corrected chi connectivity index (χ2v) is 7.31. The smallest absolute Gasteiger partial charge is 0.253 e. The van der Waals surface area contributed by atoms with E-state index in [1.807, 2.05) is 0 Å². The van der Waals surface area contributed by atoms with Crippen LogP contribution in [0.4, 0.5) is 5.69 Å². The fourth-order valence-electron chi connectivity index (χ4n) is 3.29. The molecule has 1 amide bonds. The number of hydrogen-bond acceptors (Lipinski definition) is 6. The Kier molecular flexibility index (Phi) is 4.41. The van der Waals surface area contributed by atoms with Crippen LogP contribution < -0.4 is 4.90 Å². The van der Waals surface area contributed by atoms with Gasteiger partial charge in [0, 0.05) is 30.6 Å². The Bertz CT molecular complexity index is 673. The van der Waals surface area contributed by atoms with Gasteiger partial charge in [-0.05, 0) is 11.4 Å². The molecule has 24 heavy (non-hydrogen) atoms. The number of carbonyl (C=O) groups excluding carboxylic acids is 1. The summed E-state index contributed by atoms with van der Waals surface area (Å²) in [6.07, 6.45) is 3.18. The van der Waals surface area contributed by atoms with Gasteiger partial charge in [0.05, 0.1) is 31.7 Å². The summed E-state index contributed by atoms with van der Waals surface area (Å²) in [5, 5.41) is 2.09. The van der Waals surface area contributed by atoms with Gasteiger partial charge in [-0.1, -0.05) is 6.07 Å². The lowest BCUT2D eigenvalue weighted by molar-refractivity contribution is -0.146. The van der Waals surface area contributed by atoms with E-state index in [1.54, 1.807) is 34.8 Å². The number of rotatable bonds is 3. The average molecular weight is 348 g/mol. The summed E-state index contributed by atoms with van der Waals surface area (Å²) in [7, 11) is 0. The number of carbonyl (C=O) groups is 1. The quantitative estimate of drug-likeness (QED) is 0.849. The zero-order valence-electron chi connectivity index (χ0n) is 13.3. The first kappa shape index (κ1) is 15.8. The molecule has 0 radical (unpaired) electrons. The van der Waals surface area contributed by atoms with E-state index in [4.69, 9.17) is 13.9 Å². The zero-order chi connectivity index (χ0) is 16.4. The lowest BCUT2D eigenvalue weighted by Crippen LogP contribution is -2.60. The summed E-state index contributed by atoms with van der Waals surface area (Å²) in [6.45, 7) is 4.21. The van der Waals surface area contributed by atoms with Crippen LogP contribution in [0.1, 0.15) is 4.88 Å². The van der Waals surface area contributed by atoms with Crippen LogP contribution in [-0.2, 0) is 20.8 Å². The first-order valence-electron chi connectivity index (χ1n) is 8.03. The molecule has 2 aliphatic heterocycles. The van der Waals surface area contributed by atoms with Crippen LogP contribution in [0.3, 0.4) is 0 Å². The molecule has 4 heterocycles. The number of hydrogen-bond donors (Lipinski definition) is 0. The van der Waals surface area contributed by atoms with Crippen molar-refractivity contribution in [3.8, 4) is 0 Å². The molecule has 2 aromatic rings. The van der Waals surface area contributed by atoms with E-state index in [0.29, 0.717) is 19.8 Å². The van der Waals surface area contributed by atoms with Crippen LogP contribution in [0.5, 0.6) is 0 Å². The molecule has 1 spiro atoms. The van der Waals surface area contributed by atoms with Gasteiger partial charge in [0.25, 0.3) is 5.91 Å². The lowest BCUT2D eigenvalue weighted by Gasteiger charge is -2.42. The fraction of sp³-hybridized carbons (Fsp3) is 0.471. The molecule has 2 aromatic heterocycles. The van der Waals surface area contributed by atoms with Crippen molar-refractivity contribution in [2.75, 3.05) is 44.4 Å². The van der Waals surface area contributed by atoms with Crippen molar-refractivity contribution in [3.05, 3.63) is 41.0 Å². The molecule has 0 aliphatic carbocycles. The maximum atomic E-state index is 12.2. The molecule has 2 saturated heterocycles. The van der Waals surface area contributed by atoms with Crippen LogP contribution in [-0.4, -0.2) is 55.9 Å². The molecule has 1 unspecified atom stereocenters. The van der Waals surface area contributed by atoms with E-state index in [9.17, 15) is 4.79 Å². The Hall–Kier alpha value is -1.67. The van der Waals surface area contributed by atoms with Crippen LogP contribution >= 0.6 is 11.3 Å². The predicted molar refractivity (Wildman–Crippen MR) is 90.2 cm³/mol. The second-order valence-electron chi connectivity index (χ2n) is 6.28. The van der Waals surface area contributed by atoms with Gasteiger partial charge in [0.2, 0.25) is 0 Å². The SMILES string of the molecule is O=C1COC2(COCCN(Cc3cccs3)C2)CN1c1ccoc1. The van der Waals surface area contributed by atoms with Crippen LogP contribution in [0.25, 0.3) is 0 Å². The molecule has 2 aliphatic rings. The van der Waals surface area contributed by atoms with Gasteiger partial charge in [-0.3, -0.25) is 9.69 Å². The number of nitrogens with zero attached hydrogens (tertiary/aromatic N) is 2. The molecule has 128 valence electrons. The highest BCUT2D eigenvalue weighted by molar-refractivity contribution is 7.09. The van der Waals surface area contributed by atoms with E-state index < -0.39 is 5.60 Å². The van der Waals surface area contributed by atoms with Gasteiger partial charge < -0.3 is 18.8 Å². The van der Waals surface area contributed by atoms with Crippen molar-refractivity contribution in [2.24, 2.45) is 0 Å². The van der Waals surface area contributed by atoms with Gasteiger partial charge in [0.1, 0.15) is 18.5 Å². The molecule has 1 atom stereocenters. The molecule has 6 nitrogen and oxygen atoms in total. The summed E-state index contributed by atoms with van der Waals surface area (Å²) in [4.78, 5) is 17.7. The number of morpholine rings is 1. The summed E-state index contributed by atoms with van der Waals surface area (Å²) >= 11 is 1.76. The fourth-order valence-corrected chi connectivity index (χ4v) is 4.03. The topological polar surface area (TPSA) is 55.2 Å². The maximum absolute atomic E-state index is 12.2. The van der Waals surface area contributed by atoms with E-state index in [2.05, 4.69) is 22.4 Å². The van der Waals surface area contributed by atoms with E-state index >= 15 is 0 Å². The zero-order valence-corrected chi connectivity index (χ0v) is 14.2. The Morgan fingerprint density at radius 3 is 3.04 bits per heavy atom. The van der Waals surface area contributed by atoms with Crippen LogP contribution in [0.15, 0.2) is 40.5 Å². The Morgan fingerprint density at radius 1 is 1.29 bits per heavy atom. The summed E-state index contributed by atoms with van der Waals surface area (Å²) in [5.41, 5.74) is 0.274. The summed E-state index contributed by atoms with van der Waals surface area (Å²) in [6, 6.07) is 6.02. The molecule has 0 saturated carbocycles. The Labute approximate surface area is 144 Å². The van der Waals surface area contributed by atoms with Crippen LogP contribution in [0.2, 0.25) is 0 Å². The first-order chi connectivity index (χ1) is 11.7. The summed E-state index contributed by atoms with van der Waals surface area (Å²) in [5.74, 6) is -0.0453. The van der Waals surface area contributed by atoms with Gasteiger partial charge >= 0.3 is 0 Å². The molecule has 7 heteroatoms. The number of anilines is 1. The number of ether oxygens (including phenoxy) is 2. The number of amides is 1. The third-order valence-corrected chi connectivity index (χ3v) is 5.32. The maximum Gasteiger partial charge on any atom is 0.253 e. The number of thiophene rings is 1. The predicted octanol–water partition coefficient (Wildman–Crippen LogP) is 1.98. The van der Waals surface area contributed by atoms with E-state index in [1.165, 1.54) is 4.88 Å². The van der Waals surface area contributed by atoms with Gasteiger partial charge in [0.15, 0.2) is 0 Å². The Morgan fingerprint density at radius 2 is 2.25 bits per heavy atom. The highest BCUT2D eigenvalue weighted by Gasteiger charge is 2.43. The van der Waals surface area contributed by atoms with Gasteiger partial charge in [-0.2, -0.15) is 0 Å². The Balaban J connectivity index is 1.52. The van der Waals surface area contributed by atoms with Crippen LogP contribution in [0, 0.1) is 0 Å². The minimum atomic E-state index is -0.501. The minimum Gasteiger partial charge on any atom is -0.470 e. The van der Waals surface area contributed by atoms with Gasteiger partial charge in [-0.25, -0.2) is 0 Å². The van der Waals surface area contributed by atoms with Crippen molar-refractivity contribution in [1.82, 2.24) is 4.90 Å². The van der Waals surface area contributed by atoms with E-state index in [0.717, 1.165) is 25.3 Å². The first-order valence-corrected chi connectivity index (χ1v) is 8.91. The monoisotopic (exact) mass is 348 g/mol. The standard InChI is InChI=1S/C17H20N2O4S/c20-16-10-23-17(12-19(16)14-3-5-21-9-14)11-18(4-6-22-13-17)8-15-2-1-7-24-15/h1-3,5,7,9H,4,6,8,10-13H2. The highest BCUT2D eigenvalue weighted by atomic mass is 32.1. The normalized spacial score (nSPS) is 26.0. The molecule has 0 bridgehead atoms. The van der Waals surface area contributed by atoms with Crippen molar-refractivity contribution < 1.29 is 18.7 Å². The van der Waals surface area contributed by atoms with Crippen molar-refractivity contribution in [3.63, 3.8) is 0 Å². The largest absolute Gasteiger partial charge is 0.470 e. The third kappa shape index (κ3) is 3.25. The number of furan rings is 1. The molecular formula is C17H20N2O4S. The lowest BCUT2D eigenvalue weighted by atomic mass is 10.0. The van der Waals surface area contributed by atoms with Crippen molar-refractivity contribution in [2.45, 2.75) is 12.1 Å². The second kappa shape index (κ2) is 6.68. The van der Waals surface area contributed by atoms with Crippen molar-refractivity contribution >= 4 is 22.9 Å². The molecule has 0 N–H and O–H groups in total. The third-order valence-electron chi connectivity index (χ3n) is 4.46. The molecule has 4 rings (SSSR count). The summed E-state index contributed by atoms with van der Waals surface area (Å²) < 4.78 is 16.9. The molecule has 0 aromatic carbocycles. The highest BCUT2D eigenvalue weighted by Crippen LogP contribution is 2.28. The van der Waals surface area contributed by atoms with Crippen molar-refractivity contribution in [1.29, 1.82) is 0 Å².